The quantitative estimate of drug-likeness (QED) is 0.759. The lowest BCUT2D eigenvalue weighted by atomic mass is 10.2. The van der Waals surface area contributed by atoms with E-state index in [2.05, 4.69) is 16.5 Å². The van der Waals surface area contributed by atoms with Gasteiger partial charge in [0.1, 0.15) is 5.82 Å². The largest absolute Gasteiger partial charge is 0.478 e. The van der Waals surface area contributed by atoms with Crippen LogP contribution in [-0.2, 0) is 17.7 Å². The van der Waals surface area contributed by atoms with Crippen molar-refractivity contribution in [2.45, 2.75) is 39.7 Å². The van der Waals surface area contributed by atoms with Crippen LogP contribution >= 0.6 is 0 Å². The van der Waals surface area contributed by atoms with Crippen molar-refractivity contribution in [3.63, 3.8) is 0 Å². The summed E-state index contributed by atoms with van der Waals surface area (Å²) < 4.78 is 7.73. The normalized spacial score (nSPS) is 11.1. The Bertz CT molecular complexity index is 619. The van der Waals surface area contributed by atoms with Crippen molar-refractivity contribution in [1.29, 1.82) is 0 Å². The molecule has 0 atom stereocenters. The summed E-state index contributed by atoms with van der Waals surface area (Å²) in [6.07, 6.45) is 3.02. The number of nitrogens with zero attached hydrogens (tertiary/aromatic N) is 2. The Morgan fingerprint density at radius 3 is 2.81 bits per heavy atom. The number of hydrogen-bond donors (Lipinski definition) is 1. The first-order chi connectivity index (χ1) is 10.2. The summed E-state index contributed by atoms with van der Waals surface area (Å²) in [6, 6.07) is 5.09. The van der Waals surface area contributed by atoms with Gasteiger partial charge in [-0.25, -0.2) is 9.78 Å². The molecular weight excluding hydrogens is 268 g/mol. The molecule has 1 aromatic carbocycles. The molecule has 0 saturated carbocycles. The van der Waals surface area contributed by atoms with Crippen LogP contribution in [0.3, 0.4) is 0 Å². The smallest absolute Gasteiger partial charge is 0.335 e. The number of aromatic nitrogens is 2. The van der Waals surface area contributed by atoms with Gasteiger partial charge in [0.15, 0.2) is 0 Å². The van der Waals surface area contributed by atoms with E-state index in [4.69, 9.17) is 9.84 Å². The van der Waals surface area contributed by atoms with E-state index in [-0.39, 0.29) is 5.56 Å². The van der Waals surface area contributed by atoms with Crippen LogP contribution in [-0.4, -0.2) is 33.8 Å². The topological polar surface area (TPSA) is 64.4 Å². The summed E-state index contributed by atoms with van der Waals surface area (Å²) in [5, 5.41) is 9.05. The van der Waals surface area contributed by atoms with Gasteiger partial charge in [0, 0.05) is 19.6 Å². The fourth-order valence-electron chi connectivity index (χ4n) is 2.34. The van der Waals surface area contributed by atoms with Crippen molar-refractivity contribution in [3.8, 4) is 0 Å². The first-order valence-electron chi connectivity index (χ1n) is 7.47. The van der Waals surface area contributed by atoms with Gasteiger partial charge < -0.3 is 14.4 Å². The number of rotatable bonds is 8. The standard InChI is InChI=1S/C16H22N2O3/c1-3-5-9-21-10-8-18-14-7-6-12(16(19)20)11-13(14)17-15(18)4-2/h6-7,11H,3-5,8-10H2,1-2H3,(H,19,20). The lowest BCUT2D eigenvalue weighted by Gasteiger charge is -2.09. The molecular formula is C16H22N2O3. The number of aromatic carboxylic acids is 1. The molecule has 0 saturated heterocycles. The number of benzene rings is 1. The van der Waals surface area contributed by atoms with Crippen LogP contribution in [0.4, 0.5) is 0 Å². The average molecular weight is 290 g/mol. The fourth-order valence-corrected chi connectivity index (χ4v) is 2.34. The van der Waals surface area contributed by atoms with Crippen molar-refractivity contribution >= 4 is 17.0 Å². The first-order valence-corrected chi connectivity index (χ1v) is 7.47. The molecule has 1 N–H and O–H groups in total. The maximum absolute atomic E-state index is 11.0. The van der Waals surface area contributed by atoms with Crippen LogP contribution in [0.1, 0.15) is 42.9 Å². The van der Waals surface area contributed by atoms with Crippen molar-refractivity contribution < 1.29 is 14.6 Å². The highest BCUT2D eigenvalue weighted by Crippen LogP contribution is 2.18. The molecule has 2 rings (SSSR count). The van der Waals surface area contributed by atoms with Crippen molar-refractivity contribution in [2.24, 2.45) is 0 Å². The Morgan fingerprint density at radius 2 is 2.14 bits per heavy atom. The van der Waals surface area contributed by atoms with Gasteiger partial charge in [-0.05, 0) is 24.6 Å². The summed E-state index contributed by atoms with van der Waals surface area (Å²) in [4.78, 5) is 15.6. The maximum Gasteiger partial charge on any atom is 0.335 e. The van der Waals surface area contributed by atoms with E-state index in [1.807, 2.05) is 13.0 Å². The van der Waals surface area contributed by atoms with Crippen LogP contribution in [0.25, 0.3) is 11.0 Å². The molecule has 0 aliphatic heterocycles. The number of ether oxygens (including phenoxy) is 1. The molecule has 1 aromatic heterocycles. The maximum atomic E-state index is 11.0. The molecule has 5 nitrogen and oxygen atoms in total. The van der Waals surface area contributed by atoms with Crippen molar-refractivity contribution in [2.75, 3.05) is 13.2 Å². The lowest BCUT2D eigenvalue weighted by Crippen LogP contribution is -2.09. The molecule has 0 fully saturated rings. The van der Waals surface area contributed by atoms with Gasteiger partial charge in [-0.3, -0.25) is 0 Å². The number of carbonyl (C=O) groups is 1. The van der Waals surface area contributed by atoms with E-state index in [9.17, 15) is 4.79 Å². The molecule has 0 unspecified atom stereocenters. The second-order valence-electron chi connectivity index (χ2n) is 5.01. The number of fused-ring (bicyclic) bond motifs is 1. The van der Waals surface area contributed by atoms with Crippen molar-refractivity contribution in [1.82, 2.24) is 9.55 Å². The second-order valence-corrected chi connectivity index (χ2v) is 5.01. The van der Waals surface area contributed by atoms with Gasteiger partial charge in [-0.15, -0.1) is 0 Å². The molecule has 0 spiro atoms. The Kier molecular flexibility index (Phi) is 5.33. The predicted octanol–water partition coefficient (Wildman–Crippen LogP) is 3.11. The third-order valence-electron chi connectivity index (χ3n) is 3.49. The van der Waals surface area contributed by atoms with Gasteiger partial charge in [0.25, 0.3) is 0 Å². The van der Waals surface area contributed by atoms with Crippen LogP contribution in [0, 0.1) is 0 Å². The molecule has 0 bridgehead atoms. The predicted molar refractivity (Wildman–Crippen MR) is 81.8 cm³/mol. The monoisotopic (exact) mass is 290 g/mol. The number of hydrogen-bond acceptors (Lipinski definition) is 3. The zero-order chi connectivity index (χ0) is 15.2. The highest BCUT2D eigenvalue weighted by Gasteiger charge is 2.11. The second kappa shape index (κ2) is 7.22. The van der Waals surface area contributed by atoms with E-state index in [1.54, 1.807) is 12.1 Å². The van der Waals surface area contributed by atoms with Gasteiger partial charge >= 0.3 is 5.97 Å². The molecule has 21 heavy (non-hydrogen) atoms. The zero-order valence-corrected chi connectivity index (χ0v) is 12.6. The number of imidazole rings is 1. The minimum atomic E-state index is -0.924. The lowest BCUT2D eigenvalue weighted by molar-refractivity contribution is 0.0697. The van der Waals surface area contributed by atoms with E-state index in [1.165, 1.54) is 0 Å². The van der Waals surface area contributed by atoms with Crippen molar-refractivity contribution in [3.05, 3.63) is 29.6 Å². The highest BCUT2D eigenvalue weighted by atomic mass is 16.5. The third kappa shape index (κ3) is 3.61. The zero-order valence-electron chi connectivity index (χ0n) is 12.6. The first kappa shape index (κ1) is 15.5. The molecule has 1 heterocycles. The molecule has 114 valence electrons. The Labute approximate surface area is 124 Å². The fraction of sp³-hybridized carbons (Fsp3) is 0.500. The van der Waals surface area contributed by atoms with Crippen LogP contribution < -0.4 is 0 Å². The Morgan fingerprint density at radius 1 is 1.33 bits per heavy atom. The summed E-state index contributed by atoms with van der Waals surface area (Å²) in [5.41, 5.74) is 1.98. The molecule has 2 aromatic rings. The SMILES string of the molecule is CCCCOCCn1c(CC)nc2cc(C(=O)O)ccc21. The minimum Gasteiger partial charge on any atom is -0.478 e. The molecule has 0 aliphatic rings. The Hall–Kier alpha value is -1.88. The van der Waals surface area contributed by atoms with Gasteiger partial charge in [0.2, 0.25) is 0 Å². The van der Waals surface area contributed by atoms with Crippen LogP contribution in [0.15, 0.2) is 18.2 Å². The van der Waals surface area contributed by atoms with Gasteiger partial charge in [-0.1, -0.05) is 20.3 Å². The van der Waals surface area contributed by atoms with E-state index in [0.717, 1.165) is 49.3 Å². The average Bonchev–Trinajstić information content (AvgIpc) is 2.84. The number of unbranched alkanes of at least 4 members (excludes halogenated alkanes) is 1. The van der Waals surface area contributed by atoms with Gasteiger partial charge in [-0.2, -0.15) is 0 Å². The molecule has 0 radical (unpaired) electrons. The van der Waals surface area contributed by atoms with E-state index >= 15 is 0 Å². The minimum absolute atomic E-state index is 0.272. The summed E-state index contributed by atoms with van der Waals surface area (Å²) in [5.74, 6) is 0.0408. The molecule has 5 heteroatoms. The van der Waals surface area contributed by atoms with Crippen LogP contribution in [0.2, 0.25) is 0 Å². The summed E-state index contributed by atoms with van der Waals surface area (Å²) in [6.45, 7) is 6.37. The number of carboxylic acids is 1. The number of aryl methyl sites for hydroxylation is 1. The highest BCUT2D eigenvalue weighted by molar-refractivity contribution is 5.92. The molecule has 0 amide bonds. The summed E-state index contributed by atoms with van der Waals surface area (Å²) in [7, 11) is 0. The molecule has 0 aliphatic carbocycles. The number of carboxylic acid groups (broad SMARTS) is 1. The third-order valence-corrected chi connectivity index (χ3v) is 3.49. The van der Waals surface area contributed by atoms with E-state index < -0.39 is 5.97 Å². The summed E-state index contributed by atoms with van der Waals surface area (Å²) >= 11 is 0. The van der Waals surface area contributed by atoms with E-state index in [0.29, 0.717) is 6.61 Å². The van der Waals surface area contributed by atoms with Gasteiger partial charge in [0.05, 0.1) is 23.2 Å². The van der Waals surface area contributed by atoms with Crippen LogP contribution in [0.5, 0.6) is 0 Å². The Balaban J connectivity index is 2.19.